The number of carbonyl (C=O) groups is 1. The molecule has 0 aliphatic carbocycles. The van der Waals surface area contributed by atoms with Gasteiger partial charge in [0.25, 0.3) is 0 Å². The quantitative estimate of drug-likeness (QED) is 0.835. The van der Waals surface area contributed by atoms with Crippen molar-refractivity contribution in [2.75, 3.05) is 38.0 Å². The van der Waals surface area contributed by atoms with Gasteiger partial charge in [0.15, 0.2) is 0 Å². The fourth-order valence-electron chi connectivity index (χ4n) is 3.32. The van der Waals surface area contributed by atoms with E-state index in [1.807, 2.05) is 4.90 Å². The topological polar surface area (TPSA) is 35.6 Å². The van der Waals surface area contributed by atoms with E-state index in [2.05, 4.69) is 50.0 Å². The van der Waals surface area contributed by atoms with Gasteiger partial charge >= 0.3 is 6.03 Å². The normalized spacial score (nSPS) is 15.7. The van der Waals surface area contributed by atoms with Crippen molar-refractivity contribution in [3.05, 3.63) is 28.8 Å². The summed E-state index contributed by atoms with van der Waals surface area (Å²) in [4.78, 5) is 16.9. The number of hydrogen-bond acceptors (Lipinski definition) is 2. The minimum absolute atomic E-state index is 0.0354. The van der Waals surface area contributed by atoms with Gasteiger partial charge in [0.2, 0.25) is 0 Å². The predicted octanol–water partition coefficient (Wildman–Crippen LogP) is 3.95. The molecule has 0 bridgehead atoms. The van der Waals surface area contributed by atoms with E-state index < -0.39 is 0 Å². The SMILES string of the molecule is CCCCCN1CCN(C(=O)Nc2c(C)cc(C)cc2C)CC1. The molecular formula is C19H31N3O. The lowest BCUT2D eigenvalue weighted by molar-refractivity contribution is 0.146. The van der Waals surface area contributed by atoms with Crippen LogP contribution in [0.25, 0.3) is 0 Å². The molecule has 0 unspecified atom stereocenters. The van der Waals surface area contributed by atoms with Crippen LogP contribution in [-0.2, 0) is 0 Å². The number of piperazine rings is 1. The van der Waals surface area contributed by atoms with Gasteiger partial charge in [-0.15, -0.1) is 0 Å². The Morgan fingerprint density at radius 2 is 1.65 bits per heavy atom. The maximum Gasteiger partial charge on any atom is 0.321 e. The van der Waals surface area contributed by atoms with Crippen molar-refractivity contribution in [3.63, 3.8) is 0 Å². The minimum Gasteiger partial charge on any atom is -0.322 e. The van der Waals surface area contributed by atoms with Crippen LogP contribution in [0, 0.1) is 20.8 Å². The molecule has 0 saturated carbocycles. The number of carbonyl (C=O) groups excluding carboxylic acids is 1. The Hall–Kier alpha value is -1.55. The largest absolute Gasteiger partial charge is 0.322 e. The second-order valence-electron chi connectivity index (χ2n) is 6.74. The Bertz CT molecular complexity index is 510. The minimum atomic E-state index is 0.0354. The zero-order chi connectivity index (χ0) is 16.8. The third kappa shape index (κ3) is 4.96. The molecular weight excluding hydrogens is 286 g/mol. The first-order chi connectivity index (χ1) is 11.0. The van der Waals surface area contributed by atoms with Gasteiger partial charge in [-0.05, 0) is 44.9 Å². The molecule has 128 valence electrons. The van der Waals surface area contributed by atoms with Crippen molar-refractivity contribution in [3.8, 4) is 0 Å². The molecule has 1 aromatic carbocycles. The molecule has 1 heterocycles. The third-order valence-corrected chi connectivity index (χ3v) is 4.65. The summed E-state index contributed by atoms with van der Waals surface area (Å²) in [6.07, 6.45) is 3.83. The highest BCUT2D eigenvalue weighted by Gasteiger charge is 2.21. The maximum atomic E-state index is 12.5. The molecule has 4 nitrogen and oxygen atoms in total. The van der Waals surface area contributed by atoms with E-state index in [0.717, 1.165) is 43.0 Å². The van der Waals surface area contributed by atoms with Gasteiger partial charge in [0.05, 0.1) is 0 Å². The first kappa shape index (κ1) is 17.8. The van der Waals surface area contributed by atoms with Crippen LogP contribution in [0.15, 0.2) is 12.1 Å². The number of urea groups is 1. The lowest BCUT2D eigenvalue weighted by Crippen LogP contribution is -2.50. The lowest BCUT2D eigenvalue weighted by Gasteiger charge is -2.35. The highest BCUT2D eigenvalue weighted by Crippen LogP contribution is 2.22. The fraction of sp³-hybridized carbons (Fsp3) is 0.632. The number of nitrogens with one attached hydrogen (secondary N) is 1. The molecule has 2 rings (SSSR count). The van der Waals surface area contributed by atoms with Crippen LogP contribution in [-0.4, -0.2) is 48.6 Å². The smallest absolute Gasteiger partial charge is 0.321 e. The summed E-state index contributed by atoms with van der Waals surface area (Å²) >= 11 is 0. The lowest BCUT2D eigenvalue weighted by atomic mass is 10.1. The zero-order valence-corrected chi connectivity index (χ0v) is 15.1. The summed E-state index contributed by atoms with van der Waals surface area (Å²) < 4.78 is 0. The van der Waals surface area contributed by atoms with Gasteiger partial charge < -0.3 is 10.2 Å². The molecule has 1 fully saturated rings. The average Bonchev–Trinajstić information content (AvgIpc) is 2.51. The molecule has 0 radical (unpaired) electrons. The van der Waals surface area contributed by atoms with Crippen molar-refractivity contribution in [2.45, 2.75) is 47.0 Å². The van der Waals surface area contributed by atoms with Crippen LogP contribution in [0.4, 0.5) is 10.5 Å². The molecule has 2 amide bonds. The third-order valence-electron chi connectivity index (χ3n) is 4.65. The van der Waals surface area contributed by atoms with E-state index in [4.69, 9.17) is 0 Å². The summed E-state index contributed by atoms with van der Waals surface area (Å²) in [5, 5.41) is 3.11. The number of nitrogens with zero attached hydrogens (tertiary/aromatic N) is 2. The highest BCUT2D eigenvalue weighted by molar-refractivity contribution is 5.91. The summed E-state index contributed by atoms with van der Waals surface area (Å²) in [6.45, 7) is 13.2. The predicted molar refractivity (Wildman–Crippen MR) is 97.2 cm³/mol. The number of hydrogen-bond donors (Lipinski definition) is 1. The van der Waals surface area contributed by atoms with Gasteiger partial charge in [-0.1, -0.05) is 37.5 Å². The Labute approximate surface area is 140 Å². The highest BCUT2D eigenvalue weighted by atomic mass is 16.2. The van der Waals surface area contributed by atoms with Crippen molar-refractivity contribution >= 4 is 11.7 Å². The second kappa shape index (κ2) is 8.34. The van der Waals surface area contributed by atoms with Gasteiger partial charge in [0, 0.05) is 31.9 Å². The zero-order valence-electron chi connectivity index (χ0n) is 15.1. The van der Waals surface area contributed by atoms with Crippen molar-refractivity contribution < 1.29 is 4.79 Å². The van der Waals surface area contributed by atoms with Crippen LogP contribution < -0.4 is 5.32 Å². The van der Waals surface area contributed by atoms with E-state index in [9.17, 15) is 4.79 Å². The van der Waals surface area contributed by atoms with Gasteiger partial charge in [-0.25, -0.2) is 4.79 Å². The molecule has 0 spiro atoms. The van der Waals surface area contributed by atoms with Crippen LogP contribution in [0.3, 0.4) is 0 Å². The van der Waals surface area contributed by atoms with Gasteiger partial charge in [-0.2, -0.15) is 0 Å². The summed E-state index contributed by atoms with van der Waals surface area (Å²) in [7, 11) is 0. The van der Waals surface area contributed by atoms with Crippen LogP contribution >= 0.6 is 0 Å². The van der Waals surface area contributed by atoms with Crippen molar-refractivity contribution in [2.24, 2.45) is 0 Å². The summed E-state index contributed by atoms with van der Waals surface area (Å²) in [6, 6.07) is 4.27. The second-order valence-corrected chi connectivity index (χ2v) is 6.74. The van der Waals surface area contributed by atoms with Crippen LogP contribution in [0.2, 0.25) is 0 Å². The Kier molecular flexibility index (Phi) is 6.46. The number of rotatable bonds is 5. The average molecular weight is 317 g/mol. The summed E-state index contributed by atoms with van der Waals surface area (Å²) in [5.74, 6) is 0. The van der Waals surface area contributed by atoms with Gasteiger partial charge in [-0.3, -0.25) is 4.90 Å². The van der Waals surface area contributed by atoms with E-state index in [1.54, 1.807) is 0 Å². The number of benzene rings is 1. The molecule has 1 aromatic rings. The Morgan fingerprint density at radius 3 is 2.22 bits per heavy atom. The number of anilines is 1. The number of amides is 2. The van der Waals surface area contributed by atoms with E-state index in [0.29, 0.717) is 0 Å². The molecule has 1 aliphatic rings. The van der Waals surface area contributed by atoms with E-state index in [-0.39, 0.29) is 6.03 Å². The molecule has 0 atom stereocenters. The maximum absolute atomic E-state index is 12.5. The Morgan fingerprint density at radius 1 is 1.04 bits per heavy atom. The van der Waals surface area contributed by atoms with E-state index in [1.165, 1.54) is 31.4 Å². The first-order valence-corrected chi connectivity index (χ1v) is 8.87. The van der Waals surface area contributed by atoms with Crippen LogP contribution in [0.5, 0.6) is 0 Å². The molecule has 1 aliphatic heterocycles. The summed E-state index contributed by atoms with van der Waals surface area (Å²) in [5.41, 5.74) is 4.47. The molecule has 0 aromatic heterocycles. The van der Waals surface area contributed by atoms with E-state index >= 15 is 0 Å². The molecule has 1 N–H and O–H groups in total. The fourth-order valence-corrected chi connectivity index (χ4v) is 3.32. The van der Waals surface area contributed by atoms with Gasteiger partial charge in [0.1, 0.15) is 0 Å². The molecule has 1 saturated heterocycles. The number of aryl methyl sites for hydroxylation is 3. The van der Waals surface area contributed by atoms with Crippen LogP contribution in [0.1, 0.15) is 42.9 Å². The first-order valence-electron chi connectivity index (χ1n) is 8.87. The molecule has 4 heteroatoms. The van der Waals surface area contributed by atoms with Crippen molar-refractivity contribution in [1.29, 1.82) is 0 Å². The Balaban J connectivity index is 1.86. The monoisotopic (exact) mass is 317 g/mol. The standard InChI is InChI=1S/C19H31N3O/c1-5-6-7-8-21-9-11-22(12-10-21)19(23)20-18-16(3)13-15(2)14-17(18)4/h13-14H,5-12H2,1-4H3,(H,20,23). The molecule has 23 heavy (non-hydrogen) atoms. The van der Waals surface area contributed by atoms with Crippen molar-refractivity contribution in [1.82, 2.24) is 9.80 Å². The number of unbranched alkanes of at least 4 members (excludes halogenated alkanes) is 2.